The van der Waals surface area contributed by atoms with E-state index in [1.165, 1.54) is 0 Å². The lowest BCUT2D eigenvalue weighted by Gasteiger charge is -2.26. The van der Waals surface area contributed by atoms with E-state index in [4.69, 9.17) is 28.3 Å². The second kappa shape index (κ2) is 15.0. The van der Waals surface area contributed by atoms with Gasteiger partial charge >= 0.3 is 19.9 Å². The van der Waals surface area contributed by atoms with Gasteiger partial charge in [0.2, 0.25) is 0 Å². The molecule has 0 radical (unpaired) electrons. The molecule has 1 amide bonds. The number of amides is 1. The third kappa shape index (κ3) is 10.8. The quantitative estimate of drug-likeness (QED) is 0.121. The second-order valence-corrected chi connectivity index (χ2v) is 13.9. The second-order valence-electron chi connectivity index (χ2n) is 12.2. The van der Waals surface area contributed by atoms with Gasteiger partial charge < -0.3 is 19.3 Å². The fraction of sp³-hybridized carbons (Fsp3) is 0.516. The van der Waals surface area contributed by atoms with Crippen molar-refractivity contribution in [2.24, 2.45) is 0 Å². The van der Waals surface area contributed by atoms with Crippen LogP contribution in [0.3, 0.4) is 0 Å². The highest BCUT2D eigenvalue weighted by Gasteiger charge is 2.33. The first-order valence-electron chi connectivity index (χ1n) is 14.3. The molecule has 43 heavy (non-hydrogen) atoms. The number of fused-ring (bicyclic) bond motifs is 3. The number of benzene rings is 2. The summed E-state index contributed by atoms with van der Waals surface area (Å²) in [5.74, 6) is -0.849. The van der Waals surface area contributed by atoms with E-state index in [9.17, 15) is 14.2 Å². The Kier molecular flexibility index (Phi) is 11.9. The topological polar surface area (TPSA) is 133 Å². The van der Waals surface area contributed by atoms with E-state index in [2.05, 4.69) is 5.32 Å². The summed E-state index contributed by atoms with van der Waals surface area (Å²) in [6, 6.07) is 16.7. The normalized spacial score (nSPS) is 15.0. The third-order valence-electron chi connectivity index (χ3n) is 6.46. The highest BCUT2D eigenvalue weighted by atomic mass is 31.2. The van der Waals surface area contributed by atoms with Crippen LogP contribution in [0.25, 0.3) is 11.1 Å². The molecule has 0 fully saturated rings. The summed E-state index contributed by atoms with van der Waals surface area (Å²) in [6.07, 6.45) is -0.898. The third-order valence-corrected chi connectivity index (χ3v) is 7.95. The predicted octanol–water partition coefficient (Wildman–Crippen LogP) is 5.40. The van der Waals surface area contributed by atoms with Crippen LogP contribution in [-0.4, -0.2) is 82.3 Å². The van der Waals surface area contributed by atoms with Gasteiger partial charge in [0, 0.05) is 12.3 Å². The van der Waals surface area contributed by atoms with Crippen molar-refractivity contribution >= 4 is 19.9 Å². The van der Waals surface area contributed by atoms with Gasteiger partial charge in [0.05, 0.1) is 46.8 Å². The zero-order valence-corrected chi connectivity index (χ0v) is 26.7. The zero-order valence-electron chi connectivity index (χ0n) is 25.8. The summed E-state index contributed by atoms with van der Waals surface area (Å²) in [5, 5.41) is 11.4. The number of nitrogens with zero attached hydrogens (tertiary/aromatic N) is 2. The molecule has 0 aromatic heterocycles. The van der Waals surface area contributed by atoms with Crippen molar-refractivity contribution in [1.82, 2.24) is 5.32 Å². The van der Waals surface area contributed by atoms with E-state index >= 15 is 0 Å². The first kappa shape index (κ1) is 34.2. The first-order chi connectivity index (χ1) is 20.2. The molecule has 0 saturated carbocycles. The number of phosphoric ester groups is 1. The Balaban J connectivity index is 1.65. The van der Waals surface area contributed by atoms with Crippen molar-refractivity contribution < 1.29 is 41.7 Å². The van der Waals surface area contributed by atoms with Gasteiger partial charge in [0.15, 0.2) is 0 Å². The minimum Gasteiger partial charge on any atom is -0.458 e. The molecule has 2 aromatic carbocycles. The molecular formula is C31H43N3O8P+. The van der Waals surface area contributed by atoms with E-state index in [0.29, 0.717) is 11.0 Å². The number of hydrogen-bond donors (Lipinski definition) is 1. The van der Waals surface area contributed by atoms with Gasteiger partial charge in [-0.3, -0.25) is 13.6 Å². The van der Waals surface area contributed by atoms with Gasteiger partial charge in [-0.2, -0.15) is 5.26 Å². The maximum absolute atomic E-state index is 13.2. The number of phosphoric acid groups is 1. The maximum Gasteiger partial charge on any atom is 0.475 e. The fourth-order valence-electron chi connectivity index (χ4n) is 4.43. The van der Waals surface area contributed by atoms with E-state index in [1.807, 2.05) is 75.7 Å². The molecule has 0 saturated heterocycles. The van der Waals surface area contributed by atoms with Crippen molar-refractivity contribution in [2.75, 3.05) is 54.1 Å². The van der Waals surface area contributed by atoms with Crippen LogP contribution in [-0.2, 0) is 32.4 Å². The minimum atomic E-state index is -4.04. The molecule has 234 valence electrons. The molecular weight excluding hydrogens is 573 g/mol. The van der Waals surface area contributed by atoms with Crippen molar-refractivity contribution in [2.45, 2.75) is 51.2 Å². The summed E-state index contributed by atoms with van der Waals surface area (Å²) in [6.45, 7) is 5.41. The van der Waals surface area contributed by atoms with E-state index < -0.39 is 31.5 Å². The van der Waals surface area contributed by atoms with Crippen molar-refractivity contribution in [3.63, 3.8) is 0 Å². The summed E-state index contributed by atoms with van der Waals surface area (Å²) in [4.78, 5) is 26.0. The Morgan fingerprint density at radius 2 is 1.51 bits per heavy atom. The van der Waals surface area contributed by atoms with Crippen molar-refractivity contribution in [3.8, 4) is 17.2 Å². The maximum atomic E-state index is 13.2. The molecule has 1 aliphatic carbocycles. The molecule has 0 heterocycles. The Morgan fingerprint density at radius 1 is 0.953 bits per heavy atom. The van der Waals surface area contributed by atoms with Crippen LogP contribution in [0, 0.1) is 11.3 Å². The smallest absolute Gasteiger partial charge is 0.458 e. The van der Waals surface area contributed by atoms with Crippen LogP contribution >= 0.6 is 7.82 Å². The summed E-state index contributed by atoms with van der Waals surface area (Å²) < 4.78 is 41.1. The summed E-state index contributed by atoms with van der Waals surface area (Å²) in [5.41, 5.74) is 3.50. The van der Waals surface area contributed by atoms with Crippen LogP contribution in [0.2, 0.25) is 0 Å². The van der Waals surface area contributed by atoms with Crippen LogP contribution in [0.4, 0.5) is 4.79 Å². The van der Waals surface area contributed by atoms with Gasteiger partial charge in [0.1, 0.15) is 31.4 Å². The van der Waals surface area contributed by atoms with Gasteiger partial charge in [-0.1, -0.05) is 48.5 Å². The highest BCUT2D eigenvalue weighted by Crippen LogP contribution is 2.49. The molecule has 0 spiro atoms. The van der Waals surface area contributed by atoms with Gasteiger partial charge in [-0.15, -0.1) is 0 Å². The molecule has 0 aliphatic heterocycles. The number of esters is 1. The Labute approximate surface area is 254 Å². The molecule has 3 rings (SSSR count). The van der Waals surface area contributed by atoms with Crippen LogP contribution in [0.15, 0.2) is 48.5 Å². The number of carbonyl (C=O) groups excluding carboxylic acids is 2. The molecule has 11 nitrogen and oxygen atoms in total. The fourth-order valence-corrected chi connectivity index (χ4v) is 5.60. The van der Waals surface area contributed by atoms with E-state index in [-0.39, 0.29) is 45.2 Å². The van der Waals surface area contributed by atoms with Crippen LogP contribution < -0.4 is 5.32 Å². The van der Waals surface area contributed by atoms with Gasteiger partial charge in [-0.05, 0) is 43.0 Å². The molecule has 0 bridgehead atoms. The monoisotopic (exact) mass is 616 g/mol. The molecule has 1 N–H and O–H groups in total. The van der Waals surface area contributed by atoms with Gasteiger partial charge in [0.25, 0.3) is 0 Å². The summed E-state index contributed by atoms with van der Waals surface area (Å²) >= 11 is 0. The summed E-state index contributed by atoms with van der Waals surface area (Å²) in [7, 11) is 1.81. The largest absolute Gasteiger partial charge is 0.475 e. The van der Waals surface area contributed by atoms with E-state index in [0.717, 1.165) is 22.3 Å². The zero-order chi connectivity index (χ0) is 31.7. The highest BCUT2D eigenvalue weighted by molar-refractivity contribution is 7.48. The number of carbonyl (C=O) groups is 2. The minimum absolute atomic E-state index is 0.00405. The number of alkyl carbamates (subject to hydrolysis) is 1. The predicted molar refractivity (Wildman–Crippen MR) is 161 cm³/mol. The number of hydrogen-bond acceptors (Lipinski definition) is 9. The number of nitrogens with one attached hydrogen (secondary N) is 1. The number of rotatable bonds is 15. The van der Waals surface area contributed by atoms with Crippen molar-refractivity contribution in [3.05, 3.63) is 59.7 Å². The molecule has 1 unspecified atom stereocenters. The van der Waals surface area contributed by atoms with Gasteiger partial charge in [-0.25, -0.2) is 14.2 Å². The van der Waals surface area contributed by atoms with Crippen LogP contribution in [0.5, 0.6) is 0 Å². The number of likely N-dealkylation sites (N-methyl/N-ethyl adjacent to an activating group) is 1. The lowest BCUT2D eigenvalue weighted by atomic mass is 9.98. The Morgan fingerprint density at radius 3 is 2.07 bits per heavy atom. The van der Waals surface area contributed by atoms with Crippen molar-refractivity contribution in [1.29, 1.82) is 5.26 Å². The Hall–Kier alpha value is -3.26. The van der Waals surface area contributed by atoms with Crippen LogP contribution in [0.1, 0.15) is 50.7 Å². The Bertz CT molecular complexity index is 1300. The number of quaternary nitrogens is 1. The molecule has 2 aromatic rings. The molecule has 12 heteroatoms. The average molecular weight is 617 g/mol. The average Bonchev–Trinajstić information content (AvgIpc) is 3.23. The first-order valence-corrected chi connectivity index (χ1v) is 15.7. The lowest BCUT2D eigenvalue weighted by Crippen LogP contribution is -2.45. The SMILES string of the molecule is CC(C)(C)OC(=O)[C@H](CCOP(=O)(OCCC#N)OCC[N+](C)(C)C)NC(=O)OCC1c2ccccc2-c2ccccc21. The molecule has 1 aliphatic rings. The van der Waals surface area contributed by atoms with E-state index in [1.54, 1.807) is 20.8 Å². The standard InChI is InChI=1S/C31H42N3O8P/c1-31(2,3)42-29(35)28(16-20-40-43(37,39-19-11-17-32)41-21-18-34(4,5)6)33-30(36)38-22-27-25-14-9-7-12-23(25)24-13-8-10-15-26(24)27/h7-10,12-15,27-28H,11,16,18-22H2,1-6H3/p+1/t28-,43?/m0/s1. The molecule has 2 atom stereocenters. The number of nitriles is 1. The lowest BCUT2D eigenvalue weighted by molar-refractivity contribution is -0.870. The number of ether oxygens (including phenoxy) is 2.